The van der Waals surface area contributed by atoms with Gasteiger partial charge in [0.25, 0.3) is 0 Å². The van der Waals surface area contributed by atoms with Crippen LogP contribution in [0.25, 0.3) is 0 Å². The number of nitrogens with one attached hydrogen (secondary N) is 1. The molecule has 1 atom stereocenters. The van der Waals surface area contributed by atoms with Crippen LogP contribution in [0.3, 0.4) is 0 Å². The molecule has 3 N–H and O–H groups in total. The number of nitrogens with two attached hydrogens (primary N) is 1. The van der Waals surface area contributed by atoms with Gasteiger partial charge in [-0.25, -0.2) is 0 Å². The first kappa shape index (κ1) is 8.26. The van der Waals surface area contributed by atoms with Crippen LogP contribution >= 0.6 is 0 Å². The van der Waals surface area contributed by atoms with E-state index in [-0.39, 0.29) is 5.91 Å². The van der Waals surface area contributed by atoms with E-state index in [4.69, 9.17) is 5.73 Å². The second-order valence-electron chi connectivity index (χ2n) is 3.20. The summed E-state index contributed by atoms with van der Waals surface area (Å²) in [7, 11) is 0. The van der Waals surface area contributed by atoms with Crippen molar-refractivity contribution >= 4 is 11.6 Å². The highest BCUT2D eigenvalue weighted by atomic mass is 16.2. The molecule has 2 rings (SSSR count). The van der Waals surface area contributed by atoms with Crippen molar-refractivity contribution in [3.05, 3.63) is 29.3 Å². The van der Waals surface area contributed by atoms with E-state index in [2.05, 4.69) is 12.2 Å². The average Bonchev–Trinajstić information content (AvgIpc) is 2.43. The molecule has 0 aromatic heterocycles. The van der Waals surface area contributed by atoms with Gasteiger partial charge in [0.05, 0.1) is 0 Å². The van der Waals surface area contributed by atoms with E-state index in [1.54, 1.807) is 0 Å². The van der Waals surface area contributed by atoms with Crippen molar-refractivity contribution in [1.29, 1.82) is 0 Å². The fourth-order valence-electron chi connectivity index (χ4n) is 1.67. The summed E-state index contributed by atoms with van der Waals surface area (Å²) in [5.74, 6) is -0.101. The average molecular weight is 176 g/mol. The van der Waals surface area contributed by atoms with Gasteiger partial charge in [-0.1, -0.05) is 25.1 Å². The maximum Gasteiger partial charge on any atom is 0.245 e. The molecule has 3 heteroatoms. The van der Waals surface area contributed by atoms with Crippen molar-refractivity contribution in [3.63, 3.8) is 0 Å². The number of carbonyl (C=O) groups is 1. The van der Waals surface area contributed by atoms with E-state index in [0.717, 1.165) is 23.2 Å². The molecule has 1 aliphatic heterocycles. The Kier molecular flexibility index (Phi) is 1.81. The predicted molar refractivity (Wildman–Crippen MR) is 51.4 cm³/mol. The number of rotatable bonds is 1. The van der Waals surface area contributed by atoms with Crippen LogP contribution in [0.5, 0.6) is 0 Å². The second kappa shape index (κ2) is 2.85. The van der Waals surface area contributed by atoms with Gasteiger partial charge in [0, 0.05) is 11.3 Å². The zero-order chi connectivity index (χ0) is 9.42. The number of hydrogen-bond acceptors (Lipinski definition) is 2. The van der Waals surface area contributed by atoms with Crippen molar-refractivity contribution in [2.75, 3.05) is 5.32 Å². The topological polar surface area (TPSA) is 55.1 Å². The molecule has 1 aliphatic rings. The van der Waals surface area contributed by atoms with Crippen LogP contribution in [0, 0.1) is 0 Å². The molecular weight excluding hydrogens is 164 g/mol. The van der Waals surface area contributed by atoms with Crippen LogP contribution < -0.4 is 11.1 Å². The van der Waals surface area contributed by atoms with Gasteiger partial charge in [0.2, 0.25) is 5.91 Å². The molecule has 1 aromatic carbocycles. The van der Waals surface area contributed by atoms with E-state index in [1.807, 2.05) is 18.2 Å². The SMILES string of the molecule is CCc1cccc2c1NC(=O)C2N. The highest BCUT2D eigenvalue weighted by Gasteiger charge is 2.27. The summed E-state index contributed by atoms with van der Waals surface area (Å²) in [5, 5.41) is 2.80. The lowest BCUT2D eigenvalue weighted by molar-refractivity contribution is -0.116. The van der Waals surface area contributed by atoms with Crippen molar-refractivity contribution in [1.82, 2.24) is 0 Å². The van der Waals surface area contributed by atoms with Gasteiger partial charge in [-0.2, -0.15) is 0 Å². The van der Waals surface area contributed by atoms with Crippen LogP contribution in [-0.4, -0.2) is 5.91 Å². The van der Waals surface area contributed by atoms with Gasteiger partial charge < -0.3 is 11.1 Å². The largest absolute Gasteiger partial charge is 0.324 e. The summed E-state index contributed by atoms with van der Waals surface area (Å²) in [6.45, 7) is 2.06. The molecular formula is C10H12N2O. The Balaban J connectivity index is 2.55. The zero-order valence-corrected chi connectivity index (χ0v) is 7.50. The van der Waals surface area contributed by atoms with Gasteiger partial charge in [-0.3, -0.25) is 4.79 Å². The first-order valence-corrected chi connectivity index (χ1v) is 4.42. The Morgan fingerprint density at radius 2 is 2.31 bits per heavy atom. The Bertz CT molecular complexity index is 360. The number of fused-ring (bicyclic) bond motifs is 1. The molecule has 0 fully saturated rings. The Morgan fingerprint density at radius 1 is 1.54 bits per heavy atom. The van der Waals surface area contributed by atoms with Crippen LogP contribution in [-0.2, 0) is 11.2 Å². The normalized spacial score (nSPS) is 19.8. The Hall–Kier alpha value is -1.35. The van der Waals surface area contributed by atoms with E-state index in [9.17, 15) is 4.79 Å². The molecule has 68 valence electrons. The maximum absolute atomic E-state index is 11.3. The van der Waals surface area contributed by atoms with Crippen LogP contribution in [0.2, 0.25) is 0 Å². The smallest absolute Gasteiger partial charge is 0.245 e. The third kappa shape index (κ3) is 1.12. The summed E-state index contributed by atoms with van der Waals surface area (Å²) >= 11 is 0. The summed E-state index contributed by atoms with van der Waals surface area (Å²) < 4.78 is 0. The highest BCUT2D eigenvalue weighted by Crippen LogP contribution is 2.32. The standard InChI is InChI=1S/C10H12N2O/c1-2-6-4-3-5-7-8(11)10(13)12-9(6)7/h3-5,8H,2,11H2,1H3,(H,12,13). The molecule has 1 heterocycles. The lowest BCUT2D eigenvalue weighted by Crippen LogP contribution is -2.19. The van der Waals surface area contributed by atoms with Crippen LogP contribution in [0.15, 0.2) is 18.2 Å². The molecule has 0 saturated carbocycles. The molecule has 0 radical (unpaired) electrons. The number of para-hydroxylation sites is 1. The van der Waals surface area contributed by atoms with Crippen LogP contribution in [0.1, 0.15) is 24.1 Å². The first-order chi connectivity index (χ1) is 6.24. The minimum Gasteiger partial charge on any atom is -0.324 e. The molecule has 13 heavy (non-hydrogen) atoms. The van der Waals surface area contributed by atoms with Crippen molar-refractivity contribution in [2.24, 2.45) is 5.73 Å². The van der Waals surface area contributed by atoms with E-state index < -0.39 is 6.04 Å². The van der Waals surface area contributed by atoms with Gasteiger partial charge in [0.15, 0.2) is 0 Å². The number of amides is 1. The Morgan fingerprint density at radius 3 is 3.00 bits per heavy atom. The van der Waals surface area contributed by atoms with Crippen molar-refractivity contribution in [3.8, 4) is 0 Å². The lowest BCUT2D eigenvalue weighted by Gasteiger charge is -2.04. The minimum atomic E-state index is -0.485. The zero-order valence-electron chi connectivity index (χ0n) is 7.50. The van der Waals surface area contributed by atoms with Crippen LogP contribution in [0.4, 0.5) is 5.69 Å². The summed E-state index contributed by atoms with van der Waals surface area (Å²) in [6, 6.07) is 5.37. The fourth-order valence-corrected chi connectivity index (χ4v) is 1.67. The predicted octanol–water partition coefficient (Wildman–Crippen LogP) is 1.20. The van der Waals surface area contributed by atoms with Gasteiger partial charge in [0.1, 0.15) is 6.04 Å². The number of anilines is 1. The third-order valence-corrected chi connectivity index (χ3v) is 2.43. The quantitative estimate of drug-likeness (QED) is 0.675. The third-order valence-electron chi connectivity index (χ3n) is 2.43. The first-order valence-electron chi connectivity index (χ1n) is 4.42. The monoisotopic (exact) mass is 176 g/mol. The second-order valence-corrected chi connectivity index (χ2v) is 3.20. The van der Waals surface area contributed by atoms with Crippen molar-refractivity contribution < 1.29 is 4.79 Å². The minimum absolute atomic E-state index is 0.101. The Labute approximate surface area is 76.9 Å². The summed E-state index contributed by atoms with van der Waals surface area (Å²) in [5.41, 5.74) is 8.69. The maximum atomic E-state index is 11.3. The molecule has 3 nitrogen and oxygen atoms in total. The fraction of sp³-hybridized carbons (Fsp3) is 0.300. The van der Waals surface area contributed by atoms with E-state index >= 15 is 0 Å². The molecule has 0 saturated heterocycles. The highest BCUT2D eigenvalue weighted by molar-refractivity contribution is 6.03. The summed E-state index contributed by atoms with van der Waals surface area (Å²) in [6.07, 6.45) is 0.913. The molecule has 0 aliphatic carbocycles. The van der Waals surface area contributed by atoms with E-state index in [0.29, 0.717) is 0 Å². The number of carbonyl (C=O) groups excluding carboxylic acids is 1. The lowest BCUT2D eigenvalue weighted by atomic mass is 10.0. The molecule has 0 bridgehead atoms. The van der Waals surface area contributed by atoms with Gasteiger partial charge in [-0.05, 0) is 12.0 Å². The van der Waals surface area contributed by atoms with Crippen molar-refractivity contribution in [2.45, 2.75) is 19.4 Å². The molecule has 0 spiro atoms. The molecule has 1 unspecified atom stereocenters. The number of benzene rings is 1. The number of aryl methyl sites for hydroxylation is 1. The summed E-state index contributed by atoms with van der Waals surface area (Å²) in [4.78, 5) is 11.3. The molecule has 1 amide bonds. The molecule has 1 aromatic rings. The number of hydrogen-bond donors (Lipinski definition) is 2. The van der Waals surface area contributed by atoms with Gasteiger partial charge >= 0.3 is 0 Å². The van der Waals surface area contributed by atoms with Gasteiger partial charge in [-0.15, -0.1) is 0 Å². The van der Waals surface area contributed by atoms with E-state index in [1.165, 1.54) is 0 Å².